The molecule has 0 saturated heterocycles. The number of ether oxygens (including phenoxy) is 3. The van der Waals surface area contributed by atoms with Crippen molar-refractivity contribution >= 4 is 11.8 Å². The number of hydrogen-bond donors (Lipinski definition) is 0. The highest BCUT2D eigenvalue weighted by molar-refractivity contribution is 6.02. The fourth-order valence-corrected chi connectivity index (χ4v) is 2.79. The molecule has 0 aliphatic rings. The van der Waals surface area contributed by atoms with Crippen LogP contribution < -0.4 is 9.47 Å². The third kappa shape index (κ3) is 4.20. The Bertz CT molecular complexity index is 951. The van der Waals surface area contributed by atoms with E-state index in [9.17, 15) is 9.59 Å². The summed E-state index contributed by atoms with van der Waals surface area (Å²) in [4.78, 5) is 25.9. The average Bonchev–Trinajstić information content (AvgIpc) is 2.77. The van der Waals surface area contributed by atoms with Gasteiger partial charge in [0.2, 0.25) is 5.78 Å². The van der Waals surface area contributed by atoms with Gasteiger partial charge in [-0.25, -0.2) is 4.79 Å². The van der Waals surface area contributed by atoms with Gasteiger partial charge >= 0.3 is 5.97 Å². The number of rotatable bonds is 7. The van der Waals surface area contributed by atoms with Crippen molar-refractivity contribution in [3.05, 3.63) is 95.6 Å². The summed E-state index contributed by atoms with van der Waals surface area (Å²) < 4.78 is 16.1. The third-order valence-electron chi connectivity index (χ3n) is 4.25. The van der Waals surface area contributed by atoms with Crippen LogP contribution in [0, 0.1) is 0 Å². The van der Waals surface area contributed by atoms with E-state index in [4.69, 9.17) is 14.2 Å². The Balaban J connectivity index is 1.94. The van der Waals surface area contributed by atoms with Crippen LogP contribution >= 0.6 is 0 Å². The number of carbonyl (C=O) groups excluding carboxylic acids is 2. The first-order valence-electron chi connectivity index (χ1n) is 8.71. The number of esters is 1. The molecule has 0 spiro atoms. The van der Waals surface area contributed by atoms with Crippen LogP contribution in [0.25, 0.3) is 0 Å². The zero-order valence-electron chi connectivity index (χ0n) is 15.6. The Morgan fingerprint density at radius 2 is 1.43 bits per heavy atom. The van der Waals surface area contributed by atoms with E-state index in [1.165, 1.54) is 14.2 Å². The van der Waals surface area contributed by atoms with E-state index < -0.39 is 12.1 Å². The highest BCUT2D eigenvalue weighted by Gasteiger charge is 2.28. The van der Waals surface area contributed by atoms with Gasteiger partial charge in [0, 0.05) is 17.2 Å². The van der Waals surface area contributed by atoms with E-state index in [2.05, 4.69) is 0 Å². The molecule has 5 nitrogen and oxygen atoms in total. The monoisotopic (exact) mass is 376 g/mol. The van der Waals surface area contributed by atoms with Gasteiger partial charge in [0.15, 0.2) is 6.10 Å². The molecule has 0 aliphatic heterocycles. The van der Waals surface area contributed by atoms with Gasteiger partial charge in [-0.05, 0) is 12.1 Å². The van der Waals surface area contributed by atoms with Crippen molar-refractivity contribution in [2.24, 2.45) is 0 Å². The van der Waals surface area contributed by atoms with Gasteiger partial charge in [-0.3, -0.25) is 4.79 Å². The fourth-order valence-electron chi connectivity index (χ4n) is 2.79. The molecule has 3 rings (SSSR count). The molecule has 0 aromatic heterocycles. The van der Waals surface area contributed by atoms with E-state index in [0.29, 0.717) is 22.6 Å². The standard InChI is InChI=1S/C23H20O5/c1-26-18-13-14-19(20(15-18)27-2)23(25)28-22(17-11-7-4-8-12-17)21(24)16-9-5-3-6-10-16/h3-15,22H,1-2H3. The molecule has 0 radical (unpaired) electrons. The smallest absolute Gasteiger partial charge is 0.342 e. The summed E-state index contributed by atoms with van der Waals surface area (Å²) in [7, 11) is 2.98. The lowest BCUT2D eigenvalue weighted by molar-refractivity contribution is 0.0277. The summed E-state index contributed by atoms with van der Waals surface area (Å²) >= 11 is 0. The van der Waals surface area contributed by atoms with Crippen LogP contribution in [0.5, 0.6) is 11.5 Å². The van der Waals surface area contributed by atoms with Crippen LogP contribution in [-0.2, 0) is 4.74 Å². The van der Waals surface area contributed by atoms with E-state index >= 15 is 0 Å². The number of carbonyl (C=O) groups is 2. The molecule has 3 aromatic rings. The predicted octanol–water partition coefficient (Wildman–Crippen LogP) is 4.48. The van der Waals surface area contributed by atoms with Gasteiger partial charge in [0.1, 0.15) is 17.1 Å². The molecule has 142 valence electrons. The molecular formula is C23H20O5. The maximum Gasteiger partial charge on any atom is 0.342 e. The molecule has 1 unspecified atom stereocenters. The average molecular weight is 376 g/mol. The Hall–Kier alpha value is -3.60. The van der Waals surface area contributed by atoms with E-state index in [0.717, 1.165) is 0 Å². The summed E-state index contributed by atoms with van der Waals surface area (Å²) in [5.41, 5.74) is 1.27. The minimum absolute atomic E-state index is 0.213. The normalized spacial score (nSPS) is 11.4. The van der Waals surface area contributed by atoms with Crippen LogP contribution in [-0.4, -0.2) is 26.0 Å². The first-order chi connectivity index (χ1) is 13.6. The van der Waals surface area contributed by atoms with Crippen LogP contribution in [0.15, 0.2) is 78.9 Å². The largest absolute Gasteiger partial charge is 0.497 e. The van der Waals surface area contributed by atoms with Crippen molar-refractivity contribution in [2.75, 3.05) is 14.2 Å². The summed E-state index contributed by atoms with van der Waals surface area (Å²) in [6.07, 6.45) is -1.07. The van der Waals surface area contributed by atoms with Crippen molar-refractivity contribution in [1.29, 1.82) is 0 Å². The highest BCUT2D eigenvalue weighted by atomic mass is 16.5. The van der Waals surface area contributed by atoms with Gasteiger partial charge in [-0.2, -0.15) is 0 Å². The maximum absolute atomic E-state index is 13.0. The molecule has 28 heavy (non-hydrogen) atoms. The molecule has 0 bridgehead atoms. The van der Waals surface area contributed by atoms with E-state index in [1.807, 2.05) is 12.1 Å². The van der Waals surface area contributed by atoms with Crippen LogP contribution in [0.2, 0.25) is 0 Å². The number of ketones is 1. The number of hydrogen-bond acceptors (Lipinski definition) is 5. The molecule has 3 aromatic carbocycles. The Kier molecular flexibility index (Phi) is 6.07. The minimum atomic E-state index is -1.07. The van der Waals surface area contributed by atoms with Gasteiger partial charge in [-0.1, -0.05) is 60.7 Å². The molecule has 1 atom stereocenters. The second kappa shape index (κ2) is 8.86. The van der Waals surface area contributed by atoms with Gasteiger partial charge in [-0.15, -0.1) is 0 Å². The van der Waals surface area contributed by atoms with Crippen LogP contribution in [0.4, 0.5) is 0 Å². The Morgan fingerprint density at radius 3 is 2.04 bits per heavy atom. The molecule has 0 fully saturated rings. The first kappa shape index (κ1) is 19.2. The highest BCUT2D eigenvalue weighted by Crippen LogP contribution is 2.29. The summed E-state index contributed by atoms with van der Waals surface area (Å²) in [5.74, 6) is -0.0954. The second-order valence-corrected chi connectivity index (χ2v) is 5.99. The van der Waals surface area contributed by atoms with Gasteiger partial charge < -0.3 is 14.2 Å². The van der Waals surface area contributed by atoms with Crippen molar-refractivity contribution in [3.8, 4) is 11.5 Å². The van der Waals surface area contributed by atoms with Crippen molar-refractivity contribution in [2.45, 2.75) is 6.10 Å². The van der Waals surface area contributed by atoms with Gasteiger partial charge in [0.05, 0.1) is 14.2 Å². The molecule has 5 heteroatoms. The maximum atomic E-state index is 13.0. The summed E-state index contributed by atoms with van der Waals surface area (Å²) in [6.45, 7) is 0. The second-order valence-electron chi connectivity index (χ2n) is 5.99. The number of benzene rings is 3. The quantitative estimate of drug-likeness (QED) is 0.449. The molecule has 0 heterocycles. The first-order valence-corrected chi connectivity index (χ1v) is 8.71. The number of methoxy groups -OCH3 is 2. The molecular weight excluding hydrogens is 356 g/mol. The molecule has 0 aliphatic carbocycles. The lowest BCUT2D eigenvalue weighted by atomic mass is 9.99. The lowest BCUT2D eigenvalue weighted by Gasteiger charge is -2.18. The Morgan fingerprint density at radius 1 is 0.786 bits per heavy atom. The fraction of sp³-hybridized carbons (Fsp3) is 0.130. The van der Waals surface area contributed by atoms with E-state index in [-0.39, 0.29) is 11.3 Å². The predicted molar refractivity (Wildman–Crippen MR) is 105 cm³/mol. The Labute approximate surface area is 163 Å². The summed E-state index contributed by atoms with van der Waals surface area (Å²) in [6, 6.07) is 22.5. The van der Waals surface area contributed by atoms with E-state index in [1.54, 1.807) is 66.7 Å². The molecule has 0 saturated carbocycles. The van der Waals surface area contributed by atoms with Crippen molar-refractivity contribution in [3.63, 3.8) is 0 Å². The molecule has 0 N–H and O–H groups in total. The zero-order chi connectivity index (χ0) is 19.9. The lowest BCUT2D eigenvalue weighted by Crippen LogP contribution is -2.20. The summed E-state index contributed by atoms with van der Waals surface area (Å²) in [5, 5.41) is 0. The number of Topliss-reactive ketones (excluding diaryl/α,β-unsaturated/α-hetero) is 1. The molecule has 0 amide bonds. The van der Waals surface area contributed by atoms with Gasteiger partial charge in [0.25, 0.3) is 0 Å². The van der Waals surface area contributed by atoms with Crippen LogP contribution in [0.3, 0.4) is 0 Å². The zero-order valence-corrected chi connectivity index (χ0v) is 15.6. The van der Waals surface area contributed by atoms with Crippen molar-refractivity contribution in [1.82, 2.24) is 0 Å². The van der Waals surface area contributed by atoms with Crippen molar-refractivity contribution < 1.29 is 23.8 Å². The topological polar surface area (TPSA) is 61.8 Å². The third-order valence-corrected chi connectivity index (χ3v) is 4.25. The van der Waals surface area contributed by atoms with Crippen LogP contribution in [0.1, 0.15) is 32.4 Å². The SMILES string of the molecule is COc1ccc(C(=O)OC(C(=O)c2ccccc2)c2ccccc2)c(OC)c1. The minimum Gasteiger partial charge on any atom is -0.497 e.